The fourth-order valence-corrected chi connectivity index (χ4v) is 3.39. The largest absolute Gasteiger partial charge is 0.442 e. The molecule has 0 aromatic carbocycles. The Balaban J connectivity index is 1.82. The molecule has 3 heteroatoms. The molecule has 1 N–H and O–H groups in total. The van der Waals surface area contributed by atoms with Gasteiger partial charge in [-0.1, -0.05) is 40.2 Å². The highest BCUT2D eigenvalue weighted by Gasteiger charge is 2.48. The summed E-state index contributed by atoms with van der Waals surface area (Å²) in [7, 11) is 0. The molecule has 0 spiro atoms. The molecule has 0 radical (unpaired) electrons. The van der Waals surface area contributed by atoms with E-state index in [-0.39, 0.29) is 17.6 Å². The fourth-order valence-electron chi connectivity index (χ4n) is 3.39. The highest BCUT2D eigenvalue weighted by atomic mass is 16.6. The van der Waals surface area contributed by atoms with Crippen molar-refractivity contribution < 1.29 is 9.53 Å². The zero-order chi connectivity index (χ0) is 14.8. The number of carbonyl (C=O) groups is 1. The van der Waals surface area contributed by atoms with Crippen LogP contribution in [0.4, 0.5) is 4.79 Å². The summed E-state index contributed by atoms with van der Waals surface area (Å²) in [4.78, 5) is 11.9. The van der Waals surface area contributed by atoms with Crippen LogP contribution in [-0.2, 0) is 4.74 Å². The van der Waals surface area contributed by atoms with E-state index in [1.54, 1.807) is 0 Å². The first kappa shape index (κ1) is 15.4. The summed E-state index contributed by atoms with van der Waals surface area (Å²) in [5.74, 6) is 2.50. The summed E-state index contributed by atoms with van der Waals surface area (Å²) >= 11 is 0. The summed E-state index contributed by atoms with van der Waals surface area (Å²) < 4.78 is 5.58. The maximum atomic E-state index is 11.9. The summed E-state index contributed by atoms with van der Waals surface area (Å²) in [5.41, 5.74) is 0.0880. The Labute approximate surface area is 123 Å². The topological polar surface area (TPSA) is 38.3 Å². The van der Waals surface area contributed by atoms with Crippen molar-refractivity contribution in [3.8, 4) is 0 Å². The van der Waals surface area contributed by atoms with Crippen molar-refractivity contribution in [3.63, 3.8) is 0 Å². The lowest BCUT2D eigenvalue weighted by atomic mass is 9.97. The van der Waals surface area contributed by atoms with Crippen LogP contribution < -0.4 is 5.32 Å². The molecule has 0 aromatic rings. The zero-order valence-corrected chi connectivity index (χ0v) is 13.3. The van der Waals surface area contributed by atoms with Crippen molar-refractivity contribution in [3.05, 3.63) is 12.2 Å². The number of allylic oxidation sites excluding steroid dienone is 1. The number of fused-ring (bicyclic) bond motifs is 1. The quantitative estimate of drug-likeness (QED) is 0.788. The molecule has 0 aliphatic heterocycles. The first-order valence-corrected chi connectivity index (χ1v) is 8.02. The van der Waals surface area contributed by atoms with Crippen molar-refractivity contribution in [2.75, 3.05) is 6.54 Å². The van der Waals surface area contributed by atoms with Crippen LogP contribution in [0.3, 0.4) is 0 Å². The normalized spacial score (nSPS) is 34.4. The third-order valence-electron chi connectivity index (χ3n) is 4.52. The molecular weight excluding hydrogens is 250 g/mol. The van der Waals surface area contributed by atoms with E-state index < -0.39 is 0 Å². The predicted octanol–water partition coefficient (Wildman–Crippen LogP) is 4.14. The highest BCUT2D eigenvalue weighted by molar-refractivity contribution is 5.67. The van der Waals surface area contributed by atoms with Gasteiger partial charge in [-0.05, 0) is 48.5 Å². The summed E-state index contributed by atoms with van der Waals surface area (Å²) in [6, 6.07) is 0. The van der Waals surface area contributed by atoms with E-state index in [0.717, 1.165) is 30.6 Å². The number of amides is 1. The molecular formula is C17H29NO2. The van der Waals surface area contributed by atoms with Gasteiger partial charge in [-0.3, -0.25) is 0 Å². The molecule has 2 aliphatic rings. The van der Waals surface area contributed by atoms with Gasteiger partial charge in [0.2, 0.25) is 0 Å². The van der Waals surface area contributed by atoms with Gasteiger partial charge in [0.05, 0.1) is 0 Å². The van der Waals surface area contributed by atoms with Gasteiger partial charge in [-0.15, -0.1) is 0 Å². The second kappa shape index (κ2) is 6.19. The summed E-state index contributed by atoms with van der Waals surface area (Å²) in [6.45, 7) is 9.22. The molecule has 3 nitrogen and oxygen atoms in total. The van der Waals surface area contributed by atoms with Gasteiger partial charge in [0, 0.05) is 6.54 Å². The smallest absolute Gasteiger partial charge is 0.407 e. The van der Waals surface area contributed by atoms with Crippen LogP contribution in [-0.4, -0.2) is 18.7 Å². The standard InChI is InChI=1S/C17H29NO2/c1-5-13-14-9-7-6-8-12(10-15(13)14)20-16(19)18-11-17(2,3)4/h6,8,12-15H,5,7,9-11H2,1-4H3,(H,18,19)/b8-6+. The monoisotopic (exact) mass is 279 g/mol. The van der Waals surface area contributed by atoms with Crippen LogP contribution in [0.15, 0.2) is 12.2 Å². The molecule has 1 fully saturated rings. The second-order valence-corrected chi connectivity index (χ2v) is 7.50. The zero-order valence-electron chi connectivity index (χ0n) is 13.3. The van der Waals surface area contributed by atoms with Crippen LogP contribution in [0.5, 0.6) is 0 Å². The minimum Gasteiger partial charge on any atom is -0.442 e. The summed E-state index contributed by atoms with van der Waals surface area (Å²) in [5, 5.41) is 2.86. The Morgan fingerprint density at radius 1 is 1.35 bits per heavy atom. The molecule has 0 heterocycles. The van der Waals surface area contributed by atoms with E-state index in [2.05, 4.69) is 45.2 Å². The van der Waals surface area contributed by atoms with E-state index in [0.29, 0.717) is 6.54 Å². The van der Waals surface area contributed by atoms with Crippen LogP contribution in [0.1, 0.15) is 53.4 Å². The lowest BCUT2D eigenvalue weighted by molar-refractivity contribution is 0.107. The molecule has 2 rings (SSSR count). The average Bonchev–Trinajstić information content (AvgIpc) is 2.98. The van der Waals surface area contributed by atoms with Crippen molar-refractivity contribution >= 4 is 6.09 Å². The van der Waals surface area contributed by atoms with E-state index >= 15 is 0 Å². The highest BCUT2D eigenvalue weighted by Crippen LogP contribution is 2.54. The van der Waals surface area contributed by atoms with Crippen molar-refractivity contribution in [2.24, 2.45) is 23.2 Å². The SMILES string of the molecule is CCC1C2CC/C=C/C(OC(=O)NCC(C)(C)C)CC12. The first-order chi connectivity index (χ1) is 9.40. The Kier molecular flexibility index (Phi) is 4.77. The lowest BCUT2D eigenvalue weighted by Crippen LogP contribution is -2.34. The molecule has 1 amide bonds. The second-order valence-electron chi connectivity index (χ2n) is 7.50. The first-order valence-electron chi connectivity index (χ1n) is 8.02. The van der Waals surface area contributed by atoms with E-state index in [9.17, 15) is 4.79 Å². The lowest BCUT2D eigenvalue weighted by Gasteiger charge is -2.21. The number of ether oxygens (including phenoxy) is 1. The number of carbonyl (C=O) groups excluding carboxylic acids is 1. The third-order valence-corrected chi connectivity index (χ3v) is 4.52. The van der Waals surface area contributed by atoms with E-state index in [1.165, 1.54) is 12.8 Å². The molecule has 0 aromatic heterocycles. The van der Waals surface area contributed by atoms with E-state index in [1.807, 2.05) is 0 Å². The van der Waals surface area contributed by atoms with E-state index in [4.69, 9.17) is 4.74 Å². The minimum absolute atomic E-state index is 0.0423. The molecule has 20 heavy (non-hydrogen) atoms. The Bertz CT molecular complexity index is 370. The third kappa shape index (κ3) is 4.26. The number of rotatable bonds is 3. The van der Waals surface area contributed by atoms with Gasteiger partial charge in [-0.2, -0.15) is 0 Å². The van der Waals surface area contributed by atoms with Gasteiger partial charge >= 0.3 is 6.09 Å². The molecule has 4 unspecified atom stereocenters. The molecule has 2 aliphatic carbocycles. The van der Waals surface area contributed by atoms with Crippen LogP contribution in [0, 0.1) is 23.2 Å². The molecule has 0 bridgehead atoms. The molecule has 0 saturated heterocycles. The molecule has 1 saturated carbocycles. The fraction of sp³-hybridized carbons (Fsp3) is 0.824. The van der Waals surface area contributed by atoms with Gasteiger partial charge in [0.15, 0.2) is 0 Å². The Morgan fingerprint density at radius 2 is 2.10 bits per heavy atom. The average molecular weight is 279 g/mol. The van der Waals surface area contributed by atoms with Gasteiger partial charge in [0.25, 0.3) is 0 Å². The van der Waals surface area contributed by atoms with Gasteiger partial charge in [-0.25, -0.2) is 4.79 Å². The Morgan fingerprint density at radius 3 is 2.75 bits per heavy atom. The van der Waals surface area contributed by atoms with Gasteiger partial charge in [0.1, 0.15) is 6.10 Å². The van der Waals surface area contributed by atoms with Crippen molar-refractivity contribution in [2.45, 2.75) is 59.5 Å². The van der Waals surface area contributed by atoms with Crippen LogP contribution in [0.25, 0.3) is 0 Å². The van der Waals surface area contributed by atoms with Gasteiger partial charge < -0.3 is 10.1 Å². The summed E-state index contributed by atoms with van der Waals surface area (Å²) in [6.07, 6.45) is 8.64. The number of alkyl carbamates (subject to hydrolysis) is 1. The number of hydrogen-bond acceptors (Lipinski definition) is 2. The number of nitrogens with one attached hydrogen (secondary N) is 1. The Hall–Kier alpha value is -0.990. The minimum atomic E-state index is -0.277. The number of hydrogen-bond donors (Lipinski definition) is 1. The van der Waals surface area contributed by atoms with Crippen molar-refractivity contribution in [1.29, 1.82) is 0 Å². The molecule has 114 valence electrons. The maximum absolute atomic E-state index is 11.9. The van der Waals surface area contributed by atoms with Crippen LogP contribution >= 0.6 is 0 Å². The van der Waals surface area contributed by atoms with Crippen molar-refractivity contribution in [1.82, 2.24) is 5.32 Å². The van der Waals surface area contributed by atoms with Crippen LogP contribution in [0.2, 0.25) is 0 Å². The molecule has 4 atom stereocenters. The predicted molar refractivity (Wildman–Crippen MR) is 81.5 cm³/mol. The maximum Gasteiger partial charge on any atom is 0.407 e.